The van der Waals surface area contributed by atoms with Gasteiger partial charge in [-0.2, -0.15) is 0 Å². The van der Waals surface area contributed by atoms with Crippen LogP contribution in [0, 0.1) is 17.8 Å². The fourth-order valence-corrected chi connectivity index (χ4v) is 7.31. The molecule has 0 bridgehead atoms. The summed E-state index contributed by atoms with van der Waals surface area (Å²) >= 11 is 0. The van der Waals surface area contributed by atoms with Gasteiger partial charge in [-0.15, -0.1) is 0 Å². The summed E-state index contributed by atoms with van der Waals surface area (Å²) in [6.45, 7) is 9.64. The number of carbonyl (C=O) groups is 4. The number of carbonyl (C=O) groups excluding carboxylic acids is 4. The maximum Gasteiger partial charge on any atom is 0.335 e. The molecule has 0 spiro atoms. The highest BCUT2D eigenvalue weighted by molar-refractivity contribution is 6.18. The number of nitrogens with zero attached hydrogens (tertiary/aromatic N) is 3. The van der Waals surface area contributed by atoms with Gasteiger partial charge in [0.1, 0.15) is 5.82 Å². The van der Waals surface area contributed by atoms with E-state index in [-0.39, 0.29) is 43.6 Å². The number of allylic oxidation sites excluding steroid dienone is 3. The van der Waals surface area contributed by atoms with Crippen molar-refractivity contribution in [3.8, 4) is 0 Å². The molecule has 2 heterocycles. The summed E-state index contributed by atoms with van der Waals surface area (Å²) in [6.07, 6.45) is 16.6. The molecule has 2 fully saturated rings. The summed E-state index contributed by atoms with van der Waals surface area (Å²) < 4.78 is 15.9. The molecule has 1 saturated heterocycles. The van der Waals surface area contributed by atoms with Gasteiger partial charge in [-0.05, 0) is 103 Å². The van der Waals surface area contributed by atoms with Gasteiger partial charge < -0.3 is 19.1 Å². The molecule has 0 radical (unpaired) electrons. The molecule has 47 heavy (non-hydrogen) atoms. The minimum Gasteiger partial charge on any atom is -0.465 e. The zero-order chi connectivity index (χ0) is 33.9. The SMILES string of the molecule is CCOC(=O)C(CCC1(CCN2CCC(N(C(=O)C3=CC=CC3)c3ccc(C)cn3)CC2)CCCCC1)(C(=O)OCC)C(=O)OCC. The van der Waals surface area contributed by atoms with E-state index in [0.29, 0.717) is 18.7 Å². The molecular weight excluding hydrogens is 598 g/mol. The molecule has 3 aliphatic rings. The highest BCUT2D eigenvalue weighted by Crippen LogP contribution is 2.46. The molecular formula is C37H53N3O7. The van der Waals surface area contributed by atoms with Gasteiger partial charge in [-0.25, -0.2) is 4.98 Å². The van der Waals surface area contributed by atoms with Gasteiger partial charge in [-0.3, -0.25) is 24.1 Å². The molecule has 2 aliphatic carbocycles. The summed E-state index contributed by atoms with van der Waals surface area (Å²) in [5.41, 5.74) is -0.409. The molecule has 1 aromatic heterocycles. The average Bonchev–Trinajstić information content (AvgIpc) is 3.62. The van der Waals surface area contributed by atoms with Gasteiger partial charge in [0.15, 0.2) is 0 Å². The number of aromatic nitrogens is 1. The first-order valence-electron chi connectivity index (χ1n) is 17.6. The normalized spacial score (nSPS) is 18.3. The molecule has 0 aromatic carbocycles. The van der Waals surface area contributed by atoms with E-state index in [1.54, 1.807) is 20.8 Å². The molecule has 1 saturated carbocycles. The fraction of sp³-hybridized carbons (Fsp3) is 0.649. The van der Waals surface area contributed by atoms with Crippen LogP contribution in [0.25, 0.3) is 0 Å². The molecule has 1 aliphatic heterocycles. The Labute approximate surface area is 279 Å². The summed E-state index contributed by atoms with van der Waals surface area (Å²) in [6, 6.07) is 4.00. The van der Waals surface area contributed by atoms with Crippen molar-refractivity contribution in [1.82, 2.24) is 9.88 Å². The number of hydrogen-bond acceptors (Lipinski definition) is 9. The Bertz CT molecular complexity index is 1250. The molecule has 0 atom stereocenters. The van der Waals surface area contributed by atoms with Crippen molar-refractivity contribution in [2.75, 3.05) is 44.4 Å². The quantitative estimate of drug-likeness (QED) is 0.130. The summed E-state index contributed by atoms with van der Waals surface area (Å²) in [5, 5.41) is 0. The third-order valence-corrected chi connectivity index (χ3v) is 10.1. The van der Waals surface area contributed by atoms with E-state index < -0.39 is 23.3 Å². The van der Waals surface area contributed by atoms with Crippen molar-refractivity contribution in [1.29, 1.82) is 0 Å². The number of ether oxygens (including phenoxy) is 3. The van der Waals surface area contributed by atoms with E-state index in [9.17, 15) is 19.2 Å². The van der Waals surface area contributed by atoms with Crippen molar-refractivity contribution >= 4 is 29.6 Å². The Kier molecular flexibility index (Phi) is 13.2. The van der Waals surface area contributed by atoms with Gasteiger partial charge >= 0.3 is 17.9 Å². The zero-order valence-electron chi connectivity index (χ0n) is 28.8. The topological polar surface area (TPSA) is 115 Å². The van der Waals surface area contributed by atoms with E-state index >= 15 is 0 Å². The molecule has 0 unspecified atom stereocenters. The Morgan fingerprint density at radius 2 is 1.53 bits per heavy atom. The van der Waals surface area contributed by atoms with Gasteiger partial charge in [0.2, 0.25) is 0 Å². The summed E-state index contributed by atoms with van der Waals surface area (Å²) in [7, 11) is 0. The van der Waals surface area contributed by atoms with Crippen LogP contribution in [0.2, 0.25) is 0 Å². The Morgan fingerprint density at radius 3 is 2.04 bits per heavy atom. The van der Waals surface area contributed by atoms with Crippen LogP contribution in [-0.4, -0.2) is 79.2 Å². The number of piperidine rings is 1. The number of rotatable bonds is 15. The van der Waals surface area contributed by atoms with E-state index in [1.165, 1.54) is 0 Å². The van der Waals surface area contributed by atoms with Crippen molar-refractivity contribution in [3.05, 3.63) is 47.7 Å². The van der Waals surface area contributed by atoms with Crippen LogP contribution >= 0.6 is 0 Å². The van der Waals surface area contributed by atoms with Gasteiger partial charge in [-0.1, -0.05) is 43.6 Å². The highest BCUT2D eigenvalue weighted by atomic mass is 16.6. The highest BCUT2D eigenvalue weighted by Gasteiger charge is 2.58. The van der Waals surface area contributed by atoms with Crippen LogP contribution in [0.1, 0.15) is 97.0 Å². The molecule has 258 valence electrons. The first-order chi connectivity index (χ1) is 22.7. The van der Waals surface area contributed by atoms with Crippen molar-refractivity contribution in [2.24, 2.45) is 10.8 Å². The average molecular weight is 652 g/mol. The van der Waals surface area contributed by atoms with E-state index in [2.05, 4.69) is 9.88 Å². The Balaban J connectivity index is 1.46. The van der Waals surface area contributed by atoms with Gasteiger partial charge in [0.25, 0.3) is 11.3 Å². The van der Waals surface area contributed by atoms with Gasteiger partial charge in [0, 0.05) is 30.9 Å². The monoisotopic (exact) mass is 651 g/mol. The molecule has 4 rings (SSSR count). The Hall–Kier alpha value is -3.53. The minimum atomic E-state index is -2.13. The lowest BCUT2D eigenvalue weighted by molar-refractivity contribution is -0.185. The first-order valence-corrected chi connectivity index (χ1v) is 17.6. The van der Waals surface area contributed by atoms with Crippen LogP contribution < -0.4 is 4.90 Å². The largest absolute Gasteiger partial charge is 0.465 e. The molecule has 1 aromatic rings. The second-order valence-electron chi connectivity index (χ2n) is 13.1. The second-order valence-corrected chi connectivity index (χ2v) is 13.1. The van der Waals surface area contributed by atoms with E-state index in [0.717, 1.165) is 82.1 Å². The number of aryl methyl sites for hydroxylation is 1. The number of pyridine rings is 1. The Morgan fingerprint density at radius 1 is 0.915 bits per heavy atom. The maximum atomic E-state index is 13.7. The van der Waals surface area contributed by atoms with Crippen molar-refractivity contribution in [3.63, 3.8) is 0 Å². The predicted octanol–water partition coefficient (Wildman–Crippen LogP) is 5.87. The lowest BCUT2D eigenvalue weighted by Crippen LogP contribution is -2.50. The smallest absolute Gasteiger partial charge is 0.335 e. The van der Waals surface area contributed by atoms with E-state index in [1.807, 2.05) is 48.4 Å². The van der Waals surface area contributed by atoms with Crippen LogP contribution in [0.3, 0.4) is 0 Å². The van der Waals surface area contributed by atoms with Crippen LogP contribution in [-0.2, 0) is 33.4 Å². The predicted molar refractivity (Wildman–Crippen MR) is 179 cm³/mol. The lowest BCUT2D eigenvalue weighted by atomic mass is 9.66. The number of likely N-dealkylation sites (tertiary alicyclic amines) is 1. The molecule has 10 heteroatoms. The number of hydrogen-bond donors (Lipinski definition) is 0. The minimum absolute atomic E-state index is 0.00307. The first kappa shape index (κ1) is 36.3. The third-order valence-electron chi connectivity index (χ3n) is 10.1. The molecule has 1 amide bonds. The summed E-state index contributed by atoms with van der Waals surface area (Å²) in [5.74, 6) is -1.95. The van der Waals surface area contributed by atoms with Crippen LogP contribution in [0.4, 0.5) is 5.82 Å². The number of amides is 1. The van der Waals surface area contributed by atoms with Gasteiger partial charge in [0.05, 0.1) is 19.8 Å². The number of anilines is 1. The second kappa shape index (κ2) is 17.0. The molecule has 10 nitrogen and oxygen atoms in total. The number of esters is 3. The standard InChI is InChI=1S/C37H53N3O7/c1-5-45-33(42)37(34(43)46-6-2,35(44)47-7-3)22-21-36(19-11-8-12-20-36)23-26-39-24-17-30(18-25-39)40(31-16-15-28(4)27-38-31)32(41)29-13-9-10-14-29/h9-10,13,15-16,27,30H,5-8,11-12,14,17-26H2,1-4H3. The van der Waals surface area contributed by atoms with Crippen molar-refractivity contribution < 1.29 is 33.4 Å². The van der Waals surface area contributed by atoms with Crippen LogP contribution in [0.5, 0.6) is 0 Å². The third kappa shape index (κ3) is 8.69. The summed E-state index contributed by atoms with van der Waals surface area (Å²) in [4.78, 5) is 62.7. The molecule has 0 N–H and O–H groups in total. The van der Waals surface area contributed by atoms with Crippen molar-refractivity contribution in [2.45, 2.75) is 104 Å². The van der Waals surface area contributed by atoms with E-state index in [4.69, 9.17) is 14.2 Å². The lowest BCUT2D eigenvalue weighted by Gasteiger charge is -2.42. The van der Waals surface area contributed by atoms with Crippen LogP contribution in [0.15, 0.2) is 42.1 Å². The zero-order valence-corrected chi connectivity index (χ0v) is 28.8. The maximum absolute atomic E-state index is 13.7. The fourth-order valence-electron chi connectivity index (χ4n) is 7.31.